The second kappa shape index (κ2) is 6.63. The van der Waals surface area contributed by atoms with Crippen LogP contribution in [0.4, 0.5) is 4.39 Å². The number of nitrogens with one attached hydrogen (secondary N) is 1. The monoisotopic (exact) mass is 338 g/mol. The maximum Gasteiger partial charge on any atom is 0.227 e. The van der Waals surface area contributed by atoms with Gasteiger partial charge in [-0.05, 0) is 42.7 Å². The van der Waals surface area contributed by atoms with Crippen molar-refractivity contribution < 1.29 is 9.18 Å². The molecule has 128 valence electrons. The zero-order valence-corrected chi connectivity index (χ0v) is 13.8. The molecule has 1 N–H and O–H groups in total. The van der Waals surface area contributed by atoms with Crippen LogP contribution in [0.1, 0.15) is 30.0 Å². The molecule has 1 amide bonds. The number of aromatic nitrogens is 3. The molecule has 1 atom stereocenters. The Labute approximate surface area is 144 Å². The molecule has 0 aliphatic carbocycles. The molecular weight excluding hydrogens is 319 g/mol. The summed E-state index contributed by atoms with van der Waals surface area (Å²) in [6.45, 7) is 1.40. The van der Waals surface area contributed by atoms with Gasteiger partial charge in [0.05, 0.1) is 12.6 Å². The highest BCUT2D eigenvalue weighted by molar-refractivity contribution is 5.79. The summed E-state index contributed by atoms with van der Waals surface area (Å²) in [5, 5.41) is 7.88. The number of benzene rings is 1. The second-order valence-electron chi connectivity index (χ2n) is 6.53. The molecule has 1 aliphatic heterocycles. The Bertz CT molecular complexity index is 907. The molecule has 0 saturated carbocycles. The van der Waals surface area contributed by atoms with Gasteiger partial charge in [0.15, 0.2) is 5.65 Å². The van der Waals surface area contributed by atoms with E-state index in [1.807, 2.05) is 17.0 Å². The minimum absolute atomic E-state index is 0.0397. The predicted octanol–water partition coefficient (Wildman–Crippen LogP) is 3.05. The molecule has 0 bridgehead atoms. The van der Waals surface area contributed by atoms with Crippen LogP contribution in [0, 0.1) is 5.82 Å². The van der Waals surface area contributed by atoms with E-state index in [0.29, 0.717) is 12.1 Å². The van der Waals surface area contributed by atoms with E-state index in [4.69, 9.17) is 0 Å². The third kappa shape index (κ3) is 3.38. The SMILES string of the molecule is O=C(Cc1cccc(F)c1)N1CCC[C@H](c2ccc3cn[nH]c3n2)C1. The van der Waals surface area contributed by atoms with E-state index >= 15 is 0 Å². The lowest BCUT2D eigenvalue weighted by Gasteiger charge is -2.32. The molecular formula is C19H19FN4O. The highest BCUT2D eigenvalue weighted by atomic mass is 19.1. The minimum Gasteiger partial charge on any atom is -0.342 e. The van der Waals surface area contributed by atoms with Gasteiger partial charge < -0.3 is 4.90 Å². The fourth-order valence-corrected chi connectivity index (χ4v) is 3.45. The fourth-order valence-electron chi connectivity index (χ4n) is 3.45. The van der Waals surface area contributed by atoms with E-state index < -0.39 is 0 Å². The van der Waals surface area contributed by atoms with Crippen molar-refractivity contribution in [2.75, 3.05) is 13.1 Å². The molecule has 3 heterocycles. The number of amides is 1. The van der Waals surface area contributed by atoms with Crippen LogP contribution in [0.5, 0.6) is 0 Å². The number of fused-ring (bicyclic) bond motifs is 1. The van der Waals surface area contributed by atoms with Crippen LogP contribution in [-0.2, 0) is 11.2 Å². The van der Waals surface area contributed by atoms with Gasteiger partial charge in [-0.3, -0.25) is 9.89 Å². The molecule has 6 heteroatoms. The number of aromatic amines is 1. The zero-order chi connectivity index (χ0) is 17.2. The number of hydrogen-bond acceptors (Lipinski definition) is 3. The van der Waals surface area contributed by atoms with Crippen LogP contribution in [0.2, 0.25) is 0 Å². The van der Waals surface area contributed by atoms with Crippen molar-refractivity contribution in [2.24, 2.45) is 0 Å². The first kappa shape index (κ1) is 15.7. The Kier molecular flexibility index (Phi) is 4.17. The molecule has 3 aromatic rings. The summed E-state index contributed by atoms with van der Waals surface area (Å²) in [4.78, 5) is 19.1. The van der Waals surface area contributed by atoms with Gasteiger partial charge in [-0.25, -0.2) is 9.37 Å². The van der Waals surface area contributed by atoms with Gasteiger partial charge in [-0.1, -0.05) is 12.1 Å². The van der Waals surface area contributed by atoms with Crippen molar-refractivity contribution >= 4 is 16.9 Å². The van der Waals surface area contributed by atoms with E-state index in [2.05, 4.69) is 15.2 Å². The average Bonchev–Trinajstić information content (AvgIpc) is 3.09. The molecule has 1 aromatic carbocycles. The number of likely N-dealkylation sites (tertiary alicyclic amines) is 1. The molecule has 0 radical (unpaired) electrons. The Hall–Kier alpha value is -2.76. The lowest BCUT2D eigenvalue weighted by Crippen LogP contribution is -2.40. The van der Waals surface area contributed by atoms with E-state index in [1.54, 1.807) is 18.3 Å². The zero-order valence-electron chi connectivity index (χ0n) is 13.8. The number of pyridine rings is 1. The lowest BCUT2D eigenvalue weighted by molar-refractivity contribution is -0.131. The normalized spacial score (nSPS) is 17.8. The summed E-state index contributed by atoms with van der Waals surface area (Å²) in [5.41, 5.74) is 2.48. The van der Waals surface area contributed by atoms with Crippen molar-refractivity contribution in [3.8, 4) is 0 Å². The van der Waals surface area contributed by atoms with Gasteiger partial charge in [0.1, 0.15) is 5.82 Å². The van der Waals surface area contributed by atoms with Gasteiger partial charge in [0, 0.05) is 30.1 Å². The van der Waals surface area contributed by atoms with Crippen molar-refractivity contribution in [1.29, 1.82) is 0 Å². The van der Waals surface area contributed by atoms with Crippen molar-refractivity contribution in [3.63, 3.8) is 0 Å². The molecule has 1 saturated heterocycles. The van der Waals surface area contributed by atoms with E-state index in [1.165, 1.54) is 12.1 Å². The summed E-state index contributed by atoms with van der Waals surface area (Å²) >= 11 is 0. The third-order valence-electron chi connectivity index (χ3n) is 4.76. The molecule has 4 rings (SSSR count). The molecule has 0 spiro atoms. The van der Waals surface area contributed by atoms with E-state index in [0.717, 1.165) is 36.1 Å². The van der Waals surface area contributed by atoms with Crippen LogP contribution in [0.3, 0.4) is 0 Å². The first-order valence-electron chi connectivity index (χ1n) is 8.51. The smallest absolute Gasteiger partial charge is 0.227 e. The first-order valence-corrected chi connectivity index (χ1v) is 8.51. The Morgan fingerprint density at radius 2 is 2.24 bits per heavy atom. The van der Waals surface area contributed by atoms with Crippen LogP contribution >= 0.6 is 0 Å². The standard InChI is InChI=1S/C19H19FN4O/c20-16-5-1-3-13(9-16)10-18(25)24-8-2-4-15(12-24)17-7-6-14-11-21-23-19(14)22-17/h1,3,5-7,9,11,15H,2,4,8,10,12H2,(H,21,22,23)/t15-/m0/s1. The molecule has 1 aliphatic rings. The van der Waals surface area contributed by atoms with Crippen LogP contribution in [0.25, 0.3) is 11.0 Å². The molecule has 25 heavy (non-hydrogen) atoms. The van der Waals surface area contributed by atoms with Gasteiger partial charge in [-0.2, -0.15) is 5.10 Å². The van der Waals surface area contributed by atoms with Crippen molar-refractivity contribution in [1.82, 2.24) is 20.1 Å². The van der Waals surface area contributed by atoms with Gasteiger partial charge in [0.25, 0.3) is 0 Å². The van der Waals surface area contributed by atoms with E-state index in [9.17, 15) is 9.18 Å². The number of H-pyrrole nitrogens is 1. The van der Waals surface area contributed by atoms with Crippen molar-refractivity contribution in [2.45, 2.75) is 25.2 Å². The maximum atomic E-state index is 13.3. The first-order chi connectivity index (χ1) is 12.2. The van der Waals surface area contributed by atoms with Crippen LogP contribution < -0.4 is 0 Å². The Morgan fingerprint density at radius 3 is 3.12 bits per heavy atom. The third-order valence-corrected chi connectivity index (χ3v) is 4.76. The van der Waals surface area contributed by atoms with Gasteiger partial charge in [-0.15, -0.1) is 0 Å². The second-order valence-corrected chi connectivity index (χ2v) is 6.53. The summed E-state index contributed by atoms with van der Waals surface area (Å²) in [6, 6.07) is 10.3. The summed E-state index contributed by atoms with van der Waals surface area (Å²) in [5.74, 6) is -0.0466. The number of rotatable bonds is 3. The largest absolute Gasteiger partial charge is 0.342 e. The maximum absolute atomic E-state index is 13.3. The summed E-state index contributed by atoms with van der Waals surface area (Å²) < 4.78 is 13.3. The number of carbonyl (C=O) groups excluding carboxylic acids is 1. The number of halogens is 1. The Morgan fingerprint density at radius 1 is 1.32 bits per heavy atom. The highest BCUT2D eigenvalue weighted by Crippen LogP contribution is 2.27. The summed E-state index contributed by atoms with van der Waals surface area (Å²) in [6.07, 6.45) is 3.94. The van der Waals surface area contributed by atoms with Gasteiger partial charge in [0.2, 0.25) is 5.91 Å². The quantitative estimate of drug-likeness (QED) is 0.798. The molecule has 0 unspecified atom stereocenters. The van der Waals surface area contributed by atoms with Crippen LogP contribution in [0.15, 0.2) is 42.6 Å². The van der Waals surface area contributed by atoms with Gasteiger partial charge >= 0.3 is 0 Å². The lowest BCUT2D eigenvalue weighted by atomic mass is 9.93. The van der Waals surface area contributed by atoms with E-state index in [-0.39, 0.29) is 24.1 Å². The molecule has 2 aromatic heterocycles. The average molecular weight is 338 g/mol. The Balaban J connectivity index is 1.47. The van der Waals surface area contributed by atoms with Crippen LogP contribution in [-0.4, -0.2) is 39.1 Å². The highest BCUT2D eigenvalue weighted by Gasteiger charge is 2.25. The predicted molar refractivity (Wildman–Crippen MR) is 92.5 cm³/mol. The number of hydrogen-bond donors (Lipinski definition) is 1. The van der Waals surface area contributed by atoms with Crippen molar-refractivity contribution in [3.05, 3.63) is 59.7 Å². The topological polar surface area (TPSA) is 61.9 Å². The number of nitrogens with zero attached hydrogens (tertiary/aromatic N) is 3. The molecule has 1 fully saturated rings. The number of carbonyl (C=O) groups is 1. The molecule has 5 nitrogen and oxygen atoms in total. The fraction of sp³-hybridized carbons (Fsp3) is 0.316. The summed E-state index contributed by atoms with van der Waals surface area (Å²) in [7, 11) is 0. The number of piperidine rings is 1. The minimum atomic E-state index is -0.307.